The summed E-state index contributed by atoms with van der Waals surface area (Å²) in [5.41, 5.74) is 2.14. The number of benzene rings is 2. The Morgan fingerprint density at radius 2 is 1.64 bits per heavy atom. The molecule has 1 amide bonds. The van der Waals surface area contributed by atoms with Crippen molar-refractivity contribution in [1.82, 2.24) is 15.1 Å². The minimum atomic E-state index is -0.569. The number of β-lactam (4-membered cyclic amide) rings is 1. The Bertz CT molecular complexity index is 921. The van der Waals surface area contributed by atoms with E-state index in [1.54, 1.807) is 25.3 Å². The number of ketones is 1. The highest BCUT2D eigenvalue weighted by atomic mass is 16.2. The Morgan fingerprint density at radius 3 is 2.32 bits per heavy atom. The van der Waals surface area contributed by atoms with E-state index in [-0.39, 0.29) is 17.6 Å². The molecular formula is C19H16N4O2. The molecule has 6 nitrogen and oxygen atoms in total. The predicted molar refractivity (Wildman–Crippen MR) is 92.4 cm³/mol. The Balaban J connectivity index is 1.64. The number of amides is 1. The summed E-state index contributed by atoms with van der Waals surface area (Å²) in [5, 5.41) is 9.54. The summed E-state index contributed by atoms with van der Waals surface area (Å²) in [6, 6.07) is 18.0. The fraction of sp³-hybridized carbons (Fsp3) is 0.158. The van der Waals surface area contributed by atoms with E-state index in [1.807, 2.05) is 48.5 Å². The number of carbonyl (C=O) groups is 2. The maximum atomic E-state index is 12.8. The van der Waals surface area contributed by atoms with Gasteiger partial charge in [0.15, 0.2) is 5.78 Å². The Morgan fingerprint density at radius 1 is 1.00 bits per heavy atom. The van der Waals surface area contributed by atoms with Gasteiger partial charge in [-0.3, -0.25) is 9.59 Å². The maximum absolute atomic E-state index is 12.8. The van der Waals surface area contributed by atoms with Gasteiger partial charge >= 0.3 is 0 Å². The lowest BCUT2D eigenvalue weighted by Crippen LogP contribution is -2.68. The topological polar surface area (TPSA) is 68.1 Å². The van der Waals surface area contributed by atoms with Crippen LogP contribution in [0.15, 0.2) is 66.9 Å². The third kappa shape index (κ3) is 2.52. The molecule has 0 aliphatic carbocycles. The molecule has 4 rings (SSSR count). The fourth-order valence-electron chi connectivity index (χ4n) is 3.05. The number of hydrogen-bond donors (Lipinski definition) is 0. The minimum absolute atomic E-state index is 0.0931. The zero-order chi connectivity index (χ0) is 17.4. The molecule has 2 heterocycles. The maximum Gasteiger partial charge on any atom is 0.248 e. The lowest BCUT2D eigenvalue weighted by Gasteiger charge is -2.43. The Hall–Kier alpha value is -3.28. The summed E-state index contributed by atoms with van der Waals surface area (Å²) in [5.74, 6) is -0.611. The molecule has 1 aromatic heterocycles. The first kappa shape index (κ1) is 15.3. The van der Waals surface area contributed by atoms with Crippen LogP contribution in [0.1, 0.15) is 17.3 Å². The number of nitrogens with zero attached hydrogens (tertiary/aromatic N) is 4. The van der Waals surface area contributed by atoms with Crippen molar-refractivity contribution >= 4 is 11.7 Å². The molecule has 25 heavy (non-hydrogen) atoms. The molecule has 124 valence electrons. The van der Waals surface area contributed by atoms with Crippen molar-refractivity contribution in [2.75, 3.05) is 5.01 Å². The zero-order valence-corrected chi connectivity index (χ0v) is 13.6. The standard InChI is InChI=1S/C19H16N4O2/c1-13-17(18(24)15-10-6-3-7-11-15)23(19(13)25)22-12-16(20-21-22)14-8-4-2-5-9-14/h2-13,17H,1H3/t13-,17-/m0/s1. The molecule has 0 spiro atoms. The third-order valence-corrected chi connectivity index (χ3v) is 4.45. The summed E-state index contributed by atoms with van der Waals surface area (Å²) in [6.07, 6.45) is 1.67. The first-order valence-corrected chi connectivity index (χ1v) is 8.07. The lowest BCUT2D eigenvalue weighted by molar-refractivity contribution is -0.131. The molecule has 3 aromatic rings. The normalized spacial score (nSPS) is 19.6. The van der Waals surface area contributed by atoms with Crippen LogP contribution in [0.25, 0.3) is 11.3 Å². The van der Waals surface area contributed by atoms with Crippen LogP contribution in [-0.2, 0) is 4.79 Å². The third-order valence-electron chi connectivity index (χ3n) is 4.45. The average Bonchev–Trinajstić information content (AvgIpc) is 3.15. The van der Waals surface area contributed by atoms with Gasteiger partial charge in [0.25, 0.3) is 0 Å². The molecular weight excluding hydrogens is 316 g/mol. The van der Waals surface area contributed by atoms with E-state index in [9.17, 15) is 9.59 Å². The van der Waals surface area contributed by atoms with Gasteiger partial charge in [-0.1, -0.05) is 67.6 Å². The quantitative estimate of drug-likeness (QED) is 0.543. The van der Waals surface area contributed by atoms with Crippen LogP contribution in [0.5, 0.6) is 0 Å². The molecule has 0 bridgehead atoms. The SMILES string of the molecule is C[C@@H]1C(=O)N(n2cc(-c3ccccc3)nn2)[C@@H]1C(=O)c1ccccc1. The summed E-state index contributed by atoms with van der Waals surface area (Å²) in [6.45, 7) is 1.76. The van der Waals surface area contributed by atoms with Gasteiger partial charge in [-0.05, 0) is 5.21 Å². The largest absolute Gasteiger partial charge is 0.292 e. The molecule has 0 N–H and O–H groups in total. The molecule has 0 unspecified atom stereocenters. The van der Waals surface area contributed by atoms with Crippen molar-refractivity contribution in [3.63, 3.8) is 0 Å². The fourth-order valence-corrected chi connectivity index (χ4v) is 3.05. The van der Waals surface area contributed by atoms with Crippen LogP contribution >= 0.6 is 0 Å². The molecule has 0 radical (unpaired) electrons. The molecule has 0 saturated carbocycles. The molecule has 1 saturated heterocycles. The van der Waals surface area contributed by atoms with E-state index in [0.29, 0.717) is 11.3 Å². The number of Topliss-reactive ketones (excluding diaryl/α,β-unsaturated/α-hetero) is 1. The van der Waals surface area contributed by atoms with E-state index in [2.05, 4.69) is 10.3 Å². The van der Waals surface area contributed by atoms with E-state index in [4.69, 9.17) is 0 Å². The molecule has 6 heteroatoms. The first-order valence-electron chi connectivity index (χ1n) is 8.07. The number of carbonyl (C=O) groups excluding carboxylic acids is 2. The highest BCUT2D eigenvalue weighted by Crippen LogP contribution is 2.28. The Labute approximate surface area is 144 Å². The molecule has 2 atom stereocenters. The second-order valence-corrected chi connectivity index (χ2v) is 6.04. The van der Waals surface area contributed by atoms with Crippen molar-refractivity contribution in [3.8, 4) is 11.3 Å². The predicted octanol–water partition coefficient (Wildman–Crippen LogP) is 2.31. The van der Waals surface area contributed by atoms with Crippen molar-refractivity contribution in [2.45, 2.75) is 13.0 Å². The average molecular weight is 332 g/mol. The summed E-state index contributed by atoms with van der Waals surface area (Å²) in [7, 11) is 0. The summed E-state index contributed by atoms with van der Waals surface area (Å²) < 4.78 is 0. The van der Waals surface area contributed by atoms with Gasteiger partial charge in [-0.2, -0.15) is 4.79 Å². The van der Waals surface area contributed by atoms with Gasteiger partial charge in [0, 0.05) is 11.1 Å². The van der Waals surface area contributed by atoms with E-state index < -0.39 is 6.04 Å². The number of rotatable bonds is 4. The van der Waals surface area contributed by atoms with Crippen LogP contribution in [0.2, 0.25) is 0 Å². The number of aromatic nitrogens is 3. The lowest BCUT2D eigenvalue weighted by atomic mass is 9.85. The van der Waals surface area contributed by atoms with Gasteiger partial charge in [-0.15, -0.1) is 5.10 Å². The molecule has 2 aromatic carbocycles. The zero-order valence-electron chi connectivity index (χ0n) is 13.6. The monoisotopic (exact) mass is 332 g/mol. The van der Waals surface area contributed by atoms with E-state index >= 15 is 0 Å². The van der Waals surface area contributed by atoms with Gasteiger partial charge in [0.2, 0.25) is 5.91 Å². The van der Waals surface area contributed by atoms with Crippen LogP contribution < -0.4 is 5.01 Å². The summed E-state index contributed by atoms with van der Waals surface area (Å²) >= 11 is 0. The van der Waals surface area contributed by atoms with E-state index in [1.165, 1.54) is 9.80 Å². The molecule has 1 fully saturated rings. The van der Waals surface area contributed by atoms with Crippen LogP contribution in [-0.4, -0.2) is 32.8 Å². The smallest absolute Gasteiger partial charge is 0.248 e. The Kier molecular flexibility index (Phi) is 3.65. The number of hydrogen-bond acceptors (Lipinski definition) is 4. The van der Waals surface area contributed by atoms with Gasteiger partial charge in [0.1, 0.15) is 11.7 Å². The van der Waals surface area contributed by atoms with E-state index in [0.717, 1.165) is 5.56 Å². The highest BCUT2D eigenvalue weighted by Gasteiger charge is 2.50. The van der Waals surface area contributed by atoms with Gasteiger partial charge in [-0.25, -0.2) is 5.01 Å². The minimum Gasteiger partial charge on any atom is -0.292 e. The van der Waals surface area contributed by atoms with Gasteiger partial charge in [0.05, 0.1) is 12.1 Å². The van der Waals surface area contributed by atoms with Crippen LogP contribution in [0.3, 0.4) is 0 Å². The second kappa shape index (κ2) is 5.98. The first-order chi connectivity index (χ1) is 12.2. The van der Waals surface area contributed by atoms with Crippen LogP contribution in [0, 0.1) is 5.92 Å². The molecule has 1 aliphatic rings. The van der Waals surface area contributed by atoms with Crippen molar-refractivity contribution in [2.24, 2.45) is 5.92 Å². The van der Waals surface area contributed by atoms with Crippen molar-refractivity contribution < 1.29 is 9.59 Å². The van der Waals surface area contributed by atoms with Gasteiger partial charge < -0.3 is 0 Å². The second-order valence-electron chi connectivity index (χ2n) is 6.04. The van der Waals surface area contributed by atoms with Crippen molar-refractivity contribution in [3.05, 3.63) is 72.4 Å². The van der Waals surface area contributed by atoms with Crippen molar-refractivity contribution in [1.29, 1.82) is 0 Å². The molecule has 1 aliphatic heterocycles. The summed E-state index contributed by atoms with van der Waals surface area (Å²) in [4.78, 5) is 26.5. The van der Waals surface area contributed by atoms with Crippen LogP contribution in [0.4, 0.5) is 0 Å². The highest BCUT2D eigenvalue weighted by molar-refractivity contribution is 6.13.